The van der Waals surface area contributed by atoms with E-state index in [0.29, 0.717) is 12.0 Å². The van der Waals surface area contributed by atoms with Gasteiger partial charge in [0.05, 0.1) is 7.11 Å². The molecule has 15 heavy (non-hydrogen) atoms. The molecule has 1 fully saturated rings. The second kappa shape index (κ2) is 3.53. The van der Waals surface area contributed by atoms with Crippen LogP contribution in [0.5, 0.6) is 5.75 Å². The minimum Gasteiger partial charge on any atom is -0.497 e. The van der Waals surface area contributed by atoms with E-state index in [4.69, 9.17) is 10.5 Å². The Bertz CT molecular complexity index is 359. The second-order valence-corrected chi connectivity index (χ2v) is 4.99. The molecule has 2 rings (SSSR count). The number of hydrogen-bond donors (Lipinski definition) is 1. The summed E-state index contributed by atoms with van der Waals surface area (Å²) in [6.07, 6.45) is 1.08. The van der Waals surface area contributed by atoms with E-state index in [-0.39, 0.29) is 5.41 Å². The van der Waals surface area contributed by atoms with Crippen molar-refractivity contribution >= 4 is 0 Å². The van der Waals surface area contributed by atoms with Gasteiger partial charge in [-0.15, -0.1) is 0 Å². The predicted octanol–water partition coefficient (Wildman–Crippen LogP) is 2.54. The molecule has 0 amide bonds. The molecule has 2 heteroatoms. The summed E-state index contributed by atoms with van der Waals surface area (Å²) >= 11 is 0. The highest BCUT2D eigenvalue weighted by molar-refractivity contribution is 5.34. The maximum Gasteiger partial charge on any atom is 0.119 e. The molecule has 2 nitrogen and oxygen atoms in total. The van der Waals surface area contributed by atoms with E-state index in [9.17, 15) is 0 Å². The third-order valence-electron chi connectivity index (χ3n) is 3.84. The molecular weight excluding hydrogens is 186 g/mol. The van der Waals surface area contributed by atoms with Crippen molar-refractivity contribution in [3.8, 4) is 5.75 Å². The van der Waals surface area contributed by atoms with Gasteiger partial charge in [-0.05, 0) is 35.4 Å². The third-order valence-corrected chi connectivity index (χ3v) is 3.84. The Hall–Kier alpha value is -1.02. The van der Waals surface area contributed by atoms with Gasteiger partial charge in [0.2, 0.25) is 0 Å². The van der Waals surface area contributed by atoms with Crippen molar-refractivity contribution in [2.24, 2.45) is 11.1 Å². The van der Waals surface area contributed by atoms with Crippen molar-refractivity contribution in [2.45, 2.75) is 32.2 Å². The monoisotopic (exact) mass is 205 g/mol. The van der Waals surface area contributed by atoms with Crippen LogP contribution < -0.4 is 10.5 Å². The zero-order chi connectivity index (χ0) is 11.1. The molecule has 1 aliphatic rings. The average molecular weight is 205 g/mol. The lowest BCUT2D eigenvalue weighted by molar-refractivity contribution is 0.0982. The lowest BCUT2D eigenvalue weighted by Crippen LogP contribution is -2.52. The SMILES string of the molecule is COc1cccc(C2CC(N)C2(C)C)c1. The van der Waals surface area contributed by atoms with Crippen molar-refractivity contribution in [1.82, 2.24) is 0 Å². The summed E-state index contributed by atoms with van der Waals surface area (Å²) in [7, 11) is 1.71. The van der Waals surface area contributed by atoms with Crippen molar-refractivity contribution in [3.05, 3.63) is 29.8 Å². The summed E-state index contributed by atoms with van der Waals surface area (Å²) in [5.41, 5.74) is 7.59. The van der Waals surface area contributed by atoms with E-state index < -0.39 is 0 Å². The number of methoxy groups -OCH3 is 1. The predicted molar refractivity (Wildman–Crippen MR) is 62.1 cm³/mol. The Morgan fingerprint density at radius 1 is 1.40 bits per heavy atom. The molecule has 0 saturated heterocycles. The fraction of sp³-hybridized carbons (Fsp3) is 0.538. The molecule has 1 aromatic rings. The number of ether oxygens (including phenoxy) is 1. The molecule has 1 aromatic carbocycles. The van der Waals surface area contributed by atoms with Crippen LogP contribution in [0.25, 0.3) is 0 Å². The van der Waals surface area contributed by atoms with Crippen molar-refractivity contribution < 1.29 is 4.74 Å². The molecule has 1 saturated carbocycles. The third kappa shape index (κ3) is 1.63. The molecule has 0 heterocycles. The fourth-order valence-corrected chi connectivity index (χ4v) is 2.38. The summed E-state index contributed by atoms with van der Waals surface area (Å²) in [4.78, 5) is 0. The topological polar surface area (TPSA) is 35.2 Å². The van der Waals surface area contributed by atoms with Crippen LogP contribution >= 0.6 is 0 Å². The van der Waals surface area contributed by atoms with Gasteiger partial charge in [0.1, 0.15) is 5.75 Å². The van der Waals surface area contributed by atoms with Crippen LogP contribution in [-0.4, -0.2) is 13.2 Å². The Morgan fingerprint density at radius 2 is 2.13 bits per heavy atom. The number of rotatable bonds is 2. The van der Waals surface area contributed by atoms with Crippen LogP contribution in [0.1, 0.15) is 31.7 Å². The standard InChI is InChI=1S/C13H19NO/c1-13(2)11(8-12(13)14)9-5-4-6-10(7-9)15-3/h4-7,11-12H,8,14H2,1-3H3. The Labute approximate surface area is 91.4 Å². The zero-order valence-electron chi connectivity index (χ0n) is 9.66. The summed E-state index contributed by atoms with van der Waals surface area (Å²) in [5.74, 6) is 1.51. The van der Waals surface area contributed by atoms with Crippen LogP contribution in [0.4, 0.5) is 0 Å². The highest BCUT2D eigenvalue weighted by Gasteiger charge is 2.46. The maximum atomic E-state index is 6.02. The van der Waals surface area contributed by atoms with Gasteiger partial charge in [-0.1, -0.05) is 26.0 Å². The molecule has 0 bridgehead atoms. The first-order valence-electron chi connectivity index (χ1n) is 5.45. The van der Waals surface area contributed by atoms with E-state index in [1.807, 2.05) is 12.1 Å². The highest BCUT2D eigenvalue weighted by atomic mass is 16.5. The minimum absolute atomic E-state index is 0.215. The summed E-state index contributed by atoms with van der Waals surface area (Å²) in [5, 5.41) is 0. The number of benzene rings is 1. The molecule has 0 spiro atoms. The zero-order valence-corrected chi connectivity index (χ0v) is 9.66. The molecule has 0 aromatic heterocycles. The fourth-order valence-electron chi connectivity index (χ4n) is 2.38. The first kappa shape index (κ1) is 10.5. The molecule has 2 unspecified atom stereocenters. The molecule has 0 radical (unpaired) electrons. The Balaban J connectivity index is 2.24. The van der Waals surface area contributed by atoms with Crippen LogP contribution in [0.15, 0.2) is 24.3 Å². The Kier molecular flexibility index (Phi) is 2.47. The lowest BCUT2D eigenvalue weighted by Gasteiger charge is -2.50. The largest absolute Gasteiger partial charge is 0.497 e. The van der Waals surface area contributed by atoms with Gasteiger partial charge in [-0.2, -0.15) is 0 Å². The molecule has 2 N–H and O–H groups in total. The van der Waals surface area contributed by atoms with E-state index >= 15 is 0 Å². The van der Waals surface area contributed by atoms with E-state index in [0.717, 1.165) is 12.2 Å². The molecule has 1 aliphatic carbocycles. The first-order chi connectivity index (χ1) is 7.05. The van der Waals surface area contributed by atoms with Crippen molar-refractivity contribution in [2.75, 3.05) is 7.11 Å². The summed E-state index contributed by atoms with van der Waals surface area (Å²) in [6.45, 7) is 4.48. The summed E-state index contributed by atoms with van der Waals surface area (Å²) in [6, 6.07) is 8.65. The van der Waals surface area contributed by atoms with E-state index in [1.54, 1.807) is 7.11 Å². The van der Waals surface area contributed by atoms with Gasteiger partial charge in [-0.3, -0.25) is 0 Å². The molecule has 82 valence electrons. The van der Waals surface area contributed by atoms with Crippen LogP contribution in [0.3, 0.4) is 0 Å². The average Bonchev–Trinajstić information content (AvgIpc) is 2.25. The van der Waals surface area contributed by atoms with Crippen molar-refractivity contribution in [1.29, 1.82) is 0 Å². The van der Waals surface area contributed by atoms with Gasteiger partial charge < -0.3 is 10.5 Å². The van der Waals surface area contributed by atoms with Gasteiger partial charge >= 0.3 is 0 Å². The smallest absolute Gasteiger partial charge is 0.119 e. The van der Waals surface area contributed by atoms with Gasteiger partial charge in [0.25, 0.3) is 0 Å². The van der Waals surface area contributed by atoms with Crippen LogP contribution in [0, 0.1) is 5.41 Å². The summed E-state index contributed by atoms with van der Waals surface area (Å²) < 4.78 is 5.24. The Morgan fingerprint density at radius 3 is 2.67 bits per heavy atom. The molecule has 2 atom stereocenters. The normalized spacial score (nSPS) is 28.3. The molecular formula is C13H19NO. The highest BCUT2D eigenvalue weighted by Crippen LogP contribution is 2.51. The van der Waals surface area contributed by atoms with E-state index in [2.05, 4.69) is 26.0 Å². The quantitative estimate of drug-likeness (QED) is 0.805. The van der Waals surface area contributed by atoms with Gasteiger partial charge in [0, 0.05) is 6.04 Å². The van der Waals surface area contributed by atoms with Crippen LogP contribution in [-0.2, 0) is 0 Å². The number of nitrogens with two attached hydrogens (primary N) is 1. The first-order valence-corrected chi connectivity index (χ1v) is 5.45. The van der Waals surface area contributed by atoms with Gasteiger partial charge in [-0.25, -0.2) is 0 Å². The van der Waals surface area contributed by atoms with Crippen molar-refractivity contribution in [3.63, 3.8) is 0 Å². The minimum atomic E-state index is 0.215. The number of hydrogen-bond acceptors (Lipinski definition) is 2. The second-order valence-electron chi connectivity index (χ2n) is 4.99. The lowest BCUT2D eigenvalue weighted by atomic mass is 9.57. The maximum absolute atomic E-state index is 6.02. The van der Waals surface area contributed by atoms with Gasteiger partial charge in [0.15, 0.2) is 0 Å². The van der Waals surface area contributed by atoms with E-state index in [1.165, 1.54) is 5.56 Å². The molecule has 0 aliphatic heterocycles. The van der Waals surface area contributed by atoms with Crippen LogP contribution in [0.2, 0.25) is 0 Å².